The molecule has 0 aromatic carbocycles. The van der Waals surface area contributed by atoms with Gasteiger partial charge in [0.2, 0.25) is 0 Å². The smallest absolute Gasteiger partial charge is 0.100 e. The fourth-order valence-corrected chi connectivity index (χ4v) is 1.19. The molecule has 1 aliphatic rings. The zero-order valence-electron chi connectivity index (χ0n) is 5.22. The summed E-state index contributed by atoms with van der Waals surface area (Å²) < 4.78 is 5.12. The molecule has 1 unspecified atom stereocenters. The minimum atomic E-state index is 0.463. The lowest BCUT2D eigenvalue weighted by Crippen LogP contribution is -1.90. The zero-order chi connectivity index (χ0) is 6.41. The number of rotatable bonds is 0. The van der Waals surface area contributed by atoms with Crippen LogP contribution < -0.4 is 0 Å². The third kappa shape index (κ3) is 3.10. The Morgan fingerprint density at radius 3 is 2.38 bits per heavy atom. The van der Waals surface area contributed by atoms with E-state index in [4.69, 9.17) is 4.74 Å². The largest absolute Gasteiger partial charge is 0.367 e. The molecule has 2 heteroatoms. The van der Waals surface area contributed by atoms with Gasteiger partial charge in [-0.3, -0.25) is 0 Å². The van der Waals surface area contributed by atoms with E-state index < -0.39 is 0 Å². The Labute approximate surface area is 55.1 Å². The van der Waals surface area contributed by atoms with E-state index in [9.17, 15) is 0 Å². The molecular weight excluding hydrogens is 120 g/mol. The molecule has 0 aromatic heterocycles. The van der Waals surface area contributed by atoms with Gasteiger partial charge >= 0.3 is 0 Å². The molecule has 0 amide bonds. The quantitative estimate of drug-likeness (QED) is 0.465. The minimum absolute atomic E-state index is 0.463. The second kappa shape index (κ2) is 5.19. The lowest BCUT2D eigenvalue weighted by Gasteiger charge is -1.93. The van der Waals surface area contributed by atoms with Crippen LogP contribution >= 0.6 is 11.8 Å². The van der Waals surface area contributed by atoms with Gasteiger partial charge < -0.3 is 4.74 Å². The zero-order valence-corrected chi connectivity index (χ0v) is 6.04. The van der Waals surface area contributed by atoms with Gasteiger partial charge in [-0.05, 0) is 6.92 Å². The van der Waals surface area contributed by atoms with Crippen LogP contribution in [0.2, 0.25) is 0 Å². The van der Waals surface area contributed by atoms with Gasteiger partial charge in [-0.15, -0.1) is 24.9 Å². The third-order valence-corrected chi connectivity index (χ3v) is 1.80. The van der Waals surface area contributed by atoms with Crippen LogP contribution in [0.25, 0.3) is 0 Å². The topological polar surface area (TPSA) is 9.23 Å². The van der Waals surface area contributed by atoms with Crippen LogP contribution in [0, 0.1) is 0 Å². The highest BCUT2D eigenvalue weighted by Gasteiger charge is 2.07. The molecule has 48 valence electrons. The van der Waals surface area contributed by atoms with Crippen molar-refractivity contribution in [2.45, 2.75) is 12.4 Å². The second-order valence-corrected chi connectivity index (χ2v) is 2.71. The Bertz CT molecular complexity index is 50.5. The minimum Gasteiger partial charge on any atom is -0.367 e. The van der Waals surface area contributed by atoms with Crippen molar-refractivity contribution < 1.29 is 4.74 Å². The molecule has 1 heterocycles. The Morgan fingerprint density at radius 2 is 2.25 bits per heavy atom. The highest BCUT2D eigenvalue weighted by atomic mass is 32.2. The maximum atomic E-state index is 5.12. The molecule has 1 saturated heterocycles. The molecule has 0 bridgehead atoms. The van der Waals surface area contributed by atoms with Crippen LogP contribution in [0.4, 0.5) is 0 Å². The van der Waals surface area contributed by atoms with Gasteiger partial charge in [0.05, 0.1) is 6.61 Å². The van der Waals surface area contributed by atoms with Gasteiger partial charge in [-0.1, -0.05) is 0 Å². The van der Waals surface area contributed by atoms with E-state index in [2.05, 4.69) is 20.1 Å². The predicted octanol–water partition coefficient (Wildman–Crippen LogP) is 1.90. The van der Waals surface area contributed by atoms with E-state index in [0.29, 0.717) is 5.44 Å². The lowest BCUT2D eigenvalue weighted by molar-refractivity contribution is 0.156. The maximum Gasteiger partial charge on any atom is 0.100 e. The van der Waals surface area contributed by atoms with E-state index in [1.165, 1.54) is 5.75 Å². The second-order valence-electron chi connectivity index (χ2n) is 1.31. The molecule has 0 spiro atoms. The fourth-order valence-electron chi connectivity index (χ4n) is 0.476. The number of hydrogen-bond acceptors (Lipinski definition) is 2. The third-order valence-electron chi connectivity index (χ3n) is 0.788. The van der Waals surface area contributed by atoms with Crippen molar-refractivity contribution in [2.75, 3.05) is 12.4 Å². The Balaban J connectivity index is 0.000000222. The van der Waals surface area contributed by atoms with Crippen LogP contribution in [0.5, 0.6) is 0 Å². The van der Waals surface area contributed by atoms with E-state index in [0.717, 1.165) is 6.61 Å². The summed E-state index contributed by atoms with van der Waals surface area (Å²) in [5, 5.41) is 0. The molecule has 0 aromatic rings. The summed E-state index contributed by atoms with van der Waals surface area (Å²) in [5.41, 5.74) is 0.463. The normalized spacial score (nSPS) is 26.4. The molecule has 0 saturated carbocycles. The summed E-state index contributed by atoms with van der Waals surface area (Å²) in [4.78, 5) is 0. The van der Waals surface area contributed by atoms with Gasteiger partial charge in [0.15, 0.2) is 0 Å². The molecule has 0 aliphatic carbocycles. The molecule has 1 nitrogen and oxygen atoms in total. The summed E-state index contributed by atoms with van der Waals surface area (Å²) in [6, 6.07) is 0. The van der Waals surface area contributed by atoms with Crippen molar-refractivity contribution in [1.82, 2.24) is 0 Å². The summed E-state index contributed by atoms with van der Waals surface area (Å²) in [6.07, 6.45) is 0. The number of hydrogen-bond donors (Lipinski definition) is 0. The highest BCUT2D eigenvalue weighted by molar-refractivity contribution is 7.99. The first-order chi connectivity index (χ1) is 3.89. The first kappa shape index (κ1) is 8.05. The standard InChI is InChI=1S/C4H8OS.C2H4/c1-4-5-2-3-6-4;1-2/h4H,2-3H2,1H3;1-2H2. The predicted molar refractivity (Wildman–Crippen MR) is 39.1 cm³/mol. The summed E-state index contributed by atoms with van der Waals surface area (Å²) >= 11 is 1.87. The molecule has 1 atom stereocenters. The van der Waals surface area contributed by atoms with Gasteiger partial charge in [-0.25, -0.2) is 0 Å². The monoisotopic (exact) mass is 132 g/mol. The van der Waals surface area contributed by atoms with Gasteiger partial charge in [0.1, 0.15) is 5.44 Å². The van der Waals surface area contributed by atoms with Crippen LogP contribution in [0.15, 0.2) is 13.2 Å². The average Bonchev–Trinajstić information content (AvgIpc) is 2.24. The Kier molecular flexibility index (Phi) is 5.22. The van der Waals surface area contributed by atoms with E-state index in [1.807, 2.05) is 11.8 Å². The van der Waals surface area contributed by atoms with Gasteiger partial charge in [0, 0.05) is 5.75 Å². The van der Waals surface area contributed by atoms with Crippen molar-refractivity contribution in [3.05, 3.63) is 13.2 Å². The average molecular weight is 132 g/mol. The molecule has 1 rings (SSSR count). The van der Waals surface area contributed by atoms with Crippen molar-refractivity contribution >= 4 is 11.8 Å². The molecule has 1 fully saturated rings. The first-order valence-electron chi connectivity index (χ1n) is 2.63. The molecular formula is C6H12OS. The first-order valence-corrected chi connectivity index (χ1v) is 3.67. The summed E-state index contributed by atoms with van der Waals surface area (Å²) in [5.74, 6) is 1.18. The van der Waals surface area contributed by atoms with E-state index >= 15 is 0 Å². The van der Waals surface area contributed by atoms with Crippen LogP contribution in [-0.4, -0.2) is 17.8 Å². The van der Waals surface area contributed by atoms with E-state index in [1.54, 1.807) is 0 Å². The molecule has 0 N–H and O–H groups in total. The lowest BCUT2D eigenvalue weighted by atomic mass is 10.8. The van der Waals surface area contributed by atoms with Gasteiger partial charge in [-0.2, -0.15) is 0 Å². The van der Waals surface area contributed by atoms with Crippen molar-refractivity contribution in [2.24, 2.45) is 0 Å². The Morgan fingerprint density at radius 1 is 1.62 bits per heavy atom. The van der Waals surface area contributed by atoms with E-state index in [-0.39, 0.29) is 0 Å². The summed E-state index contributed by atoms with van der Waals surface area (Å²) in [6.45, 7) is 9.03. The number of ether oxygens (including phenoxy) is 1. The van der Waals surface area contributed by atoms with Crippen molar-refractivity contribution in [3.63, 3.8) is 0 Å². The van der Waals surface area contributed by atoms with Crippen LogP contribution in [-0.2, 0) is 4.74 Å². The van der Waals surface area contributed by atoms with Crippen LogP contribution in [0.1, 0.15) is 6.92 Å². The molecule has 8 heavy (non-hydrogen) atoms. The molecule has 0 radical (unpaired) electrons. The summed E-state index contributed by atoms with van der Waals surface area (Å²) in [7, 11) is 0. The SMILES string of the molecule is C=C.CC1OCCS1. The highest BCUT2D eigenvalue weighted by Crippen LogP contribution is 2.17. The fraction of sp³-hybridized carbons (Fsp3) is 0.667. The Hall–Kier alpha value is 0.0500. The van der Waals surface area contributed by atoms with Crippen molar-refractivity contribution in [3.8, 4) is 0 Å². The maximum absolute atomic E-state index is 5.12. The van der Waals surface area contributed by atoms with Crippen LogP contribution in [0.3, 0.4) is 0 Å². The van der Waals surface area contributed by atoms with Crippen molar-refractivity contribution in [1.29, 1.82) is 0 Å². The number of thioether (sulfide) groups is 1. The van der Waals surface area contributed by atoms with Gasteiger partial charge in [0.25, 0.3) is 0 Å². The molecule has 1 aliphatic heterocycles.